The van der Waals surface area contributed by atoms with E-state index in [1.54, 1.807) is 0 Å². The van der Waals surface area contributed by atoms with Gasteiger partial charge in [-0.3, -0.25) is 0 Å². The Bertz CT molecular complexity index is 27.3. The Morgan fingerprint density at radius 2 is 2.14 bits per heavy atom. The first kappa shape index (κ1) is 7.84. The van der Waals surface area contributed by atoms with Crippen LogP contribution in [0, 0.1) is 0 Å². The number of unbranched alkanes of at least 4 members (excludes halogenated alkanes) is 2. The van der Waals surface area contributed by atoms with Crippen LogP contribution in [0.4, 0.5) is 0 Å². The summed E-state index contributed by atoms with van der Waals surface area (Å²) >= 11 is 1.20. The van der Waals surface area contributed by atoms with E-state index in [0.29, 0.717) is 0 Å². The summed E-state index contributed by atoms with van der Waals surface area (Å²) in [5.74, 6) is 0. The maximum absolute atomic E-state index is 4.93. The zero-order chi connectivity index (χ0) is 5.54. The molecule has 0 radical (unpaired) electrons. The van der Waals surface area contributed by atoms with Gasteiger partial charge in [-0.05, 0) is 0 Å². The van der Waals surface area contributed by atoms with Crippen molar-refractivity contribution < 1.29 is 28.0 Å². The van der Waals surface area contributed by atoms with Crippen molar-refractivity contribution in [1.82, 2.24) is 0 Å². The molecule has 0 aliphatic rings. The molecule has 0 aliphatic carbocycles. The van der Waals surface area contributed by atoms with Crippen molar-refractivity contribution in [3.05, 3.63) is 0 Å². The standard InChI is InChI=1S/C5H11O.Zr/c1-2-3-4-5-6;/h2-5H2,1H3;/q-1;+4. The molecule has 0 aromatic carbocycles. The van der Waals surface area contributed by atoms with Crippen LogP contribution >= 0.6 is 0 Å². The van der Waals surface area contributed by atoms with Crippen LogP contribution < -0.4 is 0 Å². The summed E-state index contributed by atoms with van der Waals surface area (Å²) in [5.41, 5.74) is 0. The molecule has 0 bridgehead atoms. The van der Waals surface area contributed by atoms with E-state index in [0.717, 1.165) is 6.61 Å². The van der Waals surface area contributed by atoms with Crippen LogP contribution in [-0.2, 0) is 28.0 Å². The quantitative estimate of drug-likeness (QED) is 0.595. The van der Waals surface area contributed by atoms with Crippen molar-refractivity contribution in [3.8, 4) is 0 Å². The second kappa shape index (κ2) is 6.84. The predicted molar refractivity (Wildman–Crippen MR) is 25.5 cm³/mol. The van der Waals surface area contributed by atoms with Gasteiger partial charge in [-0.25, -0.2) is 0 Å². The third kappa shape index (κ3) is 6.84. The molecule has 0 atom stereocenters. The third-order valence-electron chi connectivity index (χ3n) is 0.850. The average Bonchev–Trinajstić information content (AvgIpc) is 1.69. The van der Waals surface area contributed by atoms with E-state index >= 15 is 0 Å². The molecule has 0 rings (SSSR count). The summed E-state index contributed by atoms with van der Waals surface area (Å²) in [5, 5.41) is 0. The first-order chi connectivity index (χ1) is 3.41. The molecule has 0 fully saturated rings. The average molecular weight is 178 g/mol. The number of rotatable bonds is 4. The van der Waals surface area contributed by atoms with E-state index in [9.17, 15) is 0 Å². The minimum absolute atomic E-state index is 0.964. The molecule has 0 saturated heterocycles. The van der Waals surface area contributed by atoms with E-state index in [1.165, 1.54) is 44.4 Å². The Hall–Kier alpha value is 0.843. The van der Waals surface area contributed by atoms with Gasteiger partial charge in [0.05, 0.1) is 0 Å². The van der Waals surface area contributed by atoms with Crippen molar-refractivity contribution in [2.75, 3.05) is 6.61 Å². The molecular weight excluding hydrogens is 167 g/mol. The van der Waals surface area contributed by atoms with Gasteiger partial charge < -0.3 is 0 Å². The Kier molecular flexibility index (Phi) is 7.67. The third-order valence-corrected chi connectivity index (χ3v) is 1.35. The SMILES string of the molecule is CCCCC[O][Zr+3]. The van der Waals surface area contributed by atoms with Crippen molar-refractivity contribution in [2.45, 2.75) is 26.2 Å². The monoisotopic (exact) mass is 177 g/mol. The van der Waals surface area contributed by atoms with Gasteiger partial charge in [-0.2, -0.15) is 0 Å². The normalized spacial score (nSPS) is 9.57. The predicted octanol–water partition coefficient (Wildman–Crippen LogP) is 1.66. The van der Waals surface area contributed by atoms with E-state index in [2.05, 4.69) is 6.92 Å². The molecule has 7 heavy (non-hydrogen) atoms. The Balaban J connectivity index is 2.45. The summed E-state index contributed by atoms with van der Waals surface area (Å²) in [4.78, 5) is 0. The zero-order valence-electron chi connectivity index (χ0n) is 4.74. The van der Waals surface area contributed by atoms with Crippen LogP contribution in [0.15, 0.2) is 0 Å². The van der Waals surface area contributed by atoms with Crippen LogP contribution in [0.5, 0.6) is 0 Å². The van der Waals surface area contributed by atoms with Crippen molar-refractivity contribution in [2.24, 2.45) is 0 Å². The van der Waals surface area contributed by atoms with E-state index in [1.807, 2.05) is 0 Å². The number of hydrogen-bond acceptors (Lipinski definition) is 1. The van der Waals surface area contributed by atoms with Crippen LogP contribution in [0.2, 0.25) is 0 Å². The van der Waals surface area contributed by atoms with Crippen LogP contribution in [0.25, 0.3) is 0 Å². The van der Waals surface area contributed by atoms with Gasteiger partial charge in [0.2, 0.25) is 0 Å². The van der Waals surface area contributed by atoms with E-state index < -0.39 is 0 Å². The summed E-state index contributed by atoms with van der Waals surface area (Å²) in [6.07, 6.45) is 3.84. The molecule has 0 aromatic heterocycles. The molecule has 0 aliphatic heterocycles. The van der Waals surface area contributed by atoms with Gasteiger partial charge in [0.15, 0.2) is 0 Å². The van der Waals surface area contributed by atoms with Crippen LogP contribution in [-0.4, -0.2) is 6.61 Å². The molecule has 0 amide bonds. The second-order valence-corrected chi connectivity index (χ2v) is 2.27. The summed E-state index contributed by atoms with van der Waals surface area (Å²) in [6.45, 7) is 3.16. The fourth-order valence-electron chi connectivity index (χ4n) is 0.424. The second-order valence-electron chi connectivity index (χ2n) is 1.56. The maximum atomic E-state index is 4.93. The van der Waals surface area contributed by atoms with Gasteiger partial charge >= 0.3 is 60.8 Å². The topological polar surface area (TPSA) is 9.23 Å². The summed E-state index contributed by atoms with van der Waals surface area (Å²) < 4.78 is 4.93. The van der Waals surface area contributed by atoms with E-state index in [-0.39, 0.29) is 0 Å². The van der Waals surface area contributed by atoms with Gasteiger partial charge in [-0.1, -0.05) is 0 Å². The Labute approximate surface area is 60.9 Å². The summed E-state index contributed by atoms with van der Waals surface area (Å²) in [6, 6.07) is 0. The van der Waals surface area contributed by atoms with Gasteiger partial charge in [-0.15, -0.1) is 0 Å². The first-order valence-corrected chi connectivity index (χ1v) is 3.70. The fraction of sp³-hybridized carbons (Fsp3) is 1.00. The van der Waals surface area contributed by atoms with Crippen molar-refractivity contribution >= 4 is 0 Å². The van der Waals surface area contributed by atoms with E-state index in [4.69, 9.17) is 2.81 Å². The van der Waals surface area contributed by atoms with Crippen LogP contribution in [0.3, 0.4) is 0 Å². The van der Waals surface area contributed by atoms with Crippen LogP contribution in [0.1, 0.15) is 26.2 Å². The molecule has 38 valence electrons. The van der Waals surface area contributed by atoms with Crippen molar-refractivity contribution in [1.29, 1.82) is 0 Å². The molecule has 1 nitrogen and oxygen atoms in total. The molecule has 0 aromatic rings. The summed E-state index contributed by atoms with van der Waals surface area (Å²) in [7, 11) is 0. The van der Waals surface area contributed by atoms with Gasteiger partial charge in [0.1, 0.15) is 0 Å². The number of hydrogen-bond donors (Lipinski definition) is 0. The molecule has 0 saturated carbocycles. The van der Waals surface area contributed by atoms with Gasteiger partial charge in [0, 0.05) is 0 Å². The fourth-order valence-corrected chi connectivity index (χ4v) is 0.779. The molecule has 0 heterocycles. The molecule has 0 N–H and O–H groups in total. The molecule has 0 unspecified atom stereocenters. The molecule has 2 heteroatoms. The Morgan fingerprint density at radius 1 is 1.43 bits per heavy atom. The van der Waals surface area contributed by atoms with Crippen molar-refractivity contribution in [3.63, 3.8) is 0 Å². The molecule has 0 spiro atoms. The zero-order valence-corrected chi connectivity index (χ0v) is 7.19. The molecular formula is C5H11OZr+3. The Morgan fingerprint density at radius 3 is 2.57 bits per heavy atom. The van der Waals surface area contributed by atoms with Gasteiger partial charge in [0.25, 0.3) is 0 Å². The minimum atomic E-state index is 0.964. The first-order valence-electron chi connectivity index (χ1n) is 2.70.